The number of halogens is 1. The molecule has 3 aromatic heterocycles. The molecule has 5 heteroatoms. The van der Waals surface area contributed by atoms with Crippen molar-refractivity contribution >= 4 is 22.5 Å². The van der Waals surface area contributed by atoms with Crippen LogP contribution in [0.4, 0.5) is 4.39 Å². The molecule has 0 amide bonds. The molecule has 4 rings (SSSR count). The summed E-state index contributed by atoms with van der Waals surface area (Å²) in [5.74, 6) is 0.670. The van der Waals surface area contributed by atoms with Crippen LogP contribution in [0.1, 0.15) is 5.56 Å². The normalized spacial score (nSPS) is 11.1. The Morgan fingerprint density at radius 1 is 1.05 bits per heavy atom. The monoisotopic (exact) mass is 309 g/mol. The maximum absolute atomic E-state index is 13.1. The highest BCUT2D eigenvalue weighted by Gasteiger charge is 2.14. The quantitative estimate of drug-likeness (QED) is 0.563. The van der Waals surface area contributed by atoms with Crippen molar-refractivity contribution in [2.24, 2.45) is 0 Å². The molecule has 3 nitrogen and oxygen atoms in total. The van der Waals surface area contributed by atoms with Crippen molar-refractivity contribution < 1.29 is 4.39 Å². The van der Waals surface area contributed by atoms with E-state index in [0.717, 1.165) is 27.4 Å². The summed E-state index contributed by atoms with van der Waals surface area (Å²) in [6, 6.07) is 14.4. The fraction of sp³-hybridized carbons (Fsp3) is 0.0588. The standard InChI is InChI=1S/C17H12FN3S/c18-13-7-5-12(6-8-13)11-21-16-14(3-1-9-19-16)20-17(21)15-4-2-10-22-15/h1-10H,11H2. The van der Waals surface area contributed by atoms with Gasteiger partial charge < -0.3 is 4.57 Å². The lowest BCUT2D eigenvalue weighted by Gasteiger charge is -2.07. The molecule has 0 radical (unpaired) electrons. The second kappa shape index (κ2) is 5.35. The van der Waals surface area contributed by atoms with Gasteiger partial charge in [-0.05, 0) is 41.3 Å². The number of benzene rings is 1. The zero-order valence-corrected chi connectivity index (χ0v) is 12.4. The predicted octanol–water partition coefficient (Wildman–Crippen LogP) is 4.35. The van der Waals surface area contributed by atoms with Gasteiger partial charge in [-0.25, -0.2) is 14.4 Å². The lowest BCUT2D eigenvalue weighted by Crippen LogP contribution is -2.02. The van der Waals surface area contributed by atoms with E-state index >= 15 is 0 Å². The SMILES string of the molecule is Fc1ccc(Cn2c(-c3cccs3)nc3cccnc32)cc1. The zero-order valence-electron chi connectivity index (χ0n) is 11.6. The Balaban J connectivity index is 1.87. The Labute approximate surface area is 130 Å². The maximum Gasteiger partial charge on any atom is 0.160 e. The van der Waals surface area contributed by atoms with Gasteiger partial charge >= 0.3 is 0 Å². The van der Waals surface area contributed by atoms with Crippen LogP contribution in [-0.4, -0.2) is 14.5 Å². The third kappa shape index (κ3) is 2.29. The van der Waals surface area contributed by atoms with Crippen LogP contribution in [-0.2, 0) is 6.54 Å². The summed E-state index contributed by atoms with van der Waals surface area (Å²) in [5, 5.41) is 2.03. The summed E-state index contributed by atoms with van der Waals surface area (Å²) in [4.78, 5) is 10.3. The van der Waals surface area contributed by atoms with Crippen molar-refractivity contribution in [2.75, 3.05) is 0 Å². The van der Waals surface area contributed by atoms with Gasteiger partial charge in [-0.2, -0.15) is 0 Å². The minimum absolute atomic E-state index is 0.226. The number of hydrogen-bond acceptors (Lipinski definition) is 3. The summed E-state index contributed by atoms with van der Waals surface area (Å²) in [7, 11) is 0. The van der Waals surface area contributed by atoms with E-state index in [1.807, 2.05) is 29.6 Å². The highest BCUT2D eigenvalue weighted by atomic mass is 32.1. The minimum Gasteiger partial charge on any atom is -0.304 e. The molecule has 0 bridgehead atoms. The van der Waals surface area contributed by atoms with Gasteiger partial charge in [0, 0.05) is 6.20 Å². The minimum atomic E-state index is -0.226. The molecular weight excluding hydrogens is 297 g/mol. The Bertz CT molecular complexity index is 911. The Morgan fingerprint density at radius 3 is 2.68 bits per heavy atom. The van der Waals surface area contributed by atoms with E-state index < -0.39 is 0 Å². The van der Waals surface area contributed by atoms with Crippen molar-refractivity contribution in [3.05, 3.63) is 71.5 Å². The van der Waals surface area contributed by atoms with Crippen LogP contribution < -0.4 is 0 Å². The molecule has 4 aromatic rings. The molecule has 0 aliphatic carbocycles. The second-order valence-corrected chi connectivity index (χ2v) is 5.92. The van der Waals surface area contributed by atoms with Crippen LogP contribution in [0.5, 0.6) is 0 Å². The van der Waals surface area contributed by atoms with Gasteiger partial charge in [-0.1, -0.05) is 18.2 Å². The summed E-state index contributed by atoms with van der Waals surface area (Å²) in [6.45, 7) is 0.612. The molecule has 3 heterocycles. The molecule has 108 valence electrons. The van der Waals surface area contributed by atoms with E-state index in [2.05, 4.69) is 9.55 Å². The Morgan fingerprint density at radius 2 is 1.91 bits per heavy atom. The summed E-state index contributed by atoms with van der Waals surface area (Å²) in [5.41, 5.74) is 2.73. The van der Waals surface area contributed by atoms with Crippen LogP contribution in [0.25, 0.3) is 21.9 Å². The van der Waals surface area contributed by atoms with E-state index in [1.54, 1.807) is 29.7 Å². The number of fused-ring (bicyclic) bond motifs is 1. The first-order valence-electron chi connectivity index (χ1n) is 6.91. The van der Waals surface area contributed by atoms with E-state index in [0.29, 0.717) is 6.54 Å². The molecular formula is C17H12FN3S. The first kappa shape index (κ1) is 13.2. The Hall–Kier alpha value is -2.53. The molecule has 0 spiro atoms. The zero-order chi connectivity index (χ0) is 14.9. The molecule has 0 aliphatic rings. The fourth-order valence-corrected chi connectivity index (χ4v) is 3.20. The molecule has 0 aliphatic heterocycles. The lowest BCUT2D eigenvalue weighted by atomic mass is 10.2. The van der Waals surface area contributed by atoms with Gasteiger partial charge in [0.15, 0.2) is 11.5 Å². The average molecular weight is 309 g/mol. The molecule has 0 saturated carbocycles. The number of pyridine rings is 1. The van der Waals surface area contributed by atoms with E-state index in [9.17, 15) is 4.39 Å². The number of hydrogen-bond donors (Lipinski definition) is 0. The number of rotatable bonds is 3. The maximum atomic E-state index is 13.1. The highest BCUT2D eigenvalue weighted by Crippen LogP contribution is 2.28. The average Bonchev–Trinajstić information content (AvgIpc) is 3.18. The molecule has 0 unspecified atom stereocenters. The third-order valence-corrected chi connectivity index (χ3v) is 4.37. The molecule has 0 N–H and O–H groups in total. The summed E-state index contributed by atoms with van der Waals surface area (Å²) < 4.78 is 15.2. The van der Waals surface area contributed by atoms with Crippen LogP contribution in [0, 0.1) is 5.82 Å². The first-order chi connectivity index (χ1) is 10.8. The highest BCUT2D eigenvalue weighted by molar-refractivity contribution is 7.13. The number of aromatic nitrogens is 3. The summed E-state index contributed by atoms with van der Waals surface area (Å²) >= 11 is 1.65. The molecule has 0 saturated heterocycles. The second-order valence-electron chi connectivity index (χ2n) is 4.97. The third-order valence-electron chi connectivity index (χ3n) is 3.50. The van der Waals surface area contributed by atoms with Gasteiger partial charge in [0.1, 0.15) is 11.3 Å². The molecule has 1 aromatic carbocycles. The summed E-state index contributed by atoms with van der Waals surface area (Å²) in [6.07, 6.45) is 1.77. The van der Waals surface area contributed by atoms with Gasteiger partial charge in [-0.3, -0.25) is 0 Å². The number of imidazole rings is 1. The van der Waals surface area contributed by atoms with Gasteiger partial charge in [0.2, 0.25) is 0 Å². The molecule has 0 fully saturated rings. The van der Waals surface area contributed by atoms with Crippen LogP contribution in [0.15, 0.2) is 60.1 Å². The van der Waals surface area contributed by atoms with Crippen molar-refractivity contribution in [1.29, 1.82) is 0 Å². The number of nitrogens with zero attached hydrogens (tertiary/aromatic N) is 3. The van der Waals surface area contributed by atoms with Gasteiger partial charge in [-0.15, -0.1) is 11.3 Å². The van der Waals surface area contributed by atoms with E-state index in [-0.39, 0.29) is 5.82 Å². The Kier molecular flexibility index (Phi) is 3.20. The first-order valence-corrected chi connectivity index (χ1v) is 7.79. The lowest BCUT2D eigenvalue weighted by molar-refractivity contribution is 0.626. The predicted molar refractivity (Wildman–Crippen MR) is 86.3 cm³/mol. The topological polar surface area (TPSA) is 30.7 Å². The van der Waals surface area contributed by atoms with Crippen molar-refractivity contribution in [3.63, 3.8) is 0 Å². The van der Waals surface area contributed by atoms with E-state index in [1.165, 1.54) is 12.1 Å². The van der Waals surface area contributed by atoms with Crippen LogP contribution >= 0.6 is 11.3 Å². The van der Waals surface area contributed by atoms with Crippen molar-refractivity contribution in [1.82, 2.24) is 14.5 Å². The largest absolute Gasteiger partial charge is 0.304 e. The van der Waals surface area contributed by atoms with Gasteiger partial charge in [0.05, 0.1) is 11.4 Å². The van der Waals surface area contributed by atoms with Crippen molar-refractivity contribution in [2.45, 2.75) is 6.54 Å². The van der Waals surface area contributed by atoms with E-state index in [4.69, 9.17) is 4.98 Å². The van der Waals surface area contributed by atoms with Crippen LogP contribution in [0.2, 0.25) is 0 Å². The number of thiophene rings is 1. The molecule has 22 heavy (non-hydrogen) atoms. The van der Waals surface area contributed by atoms with Gasteiger partial charge in [0.25, 0.3) is 0 Å². The van der Waals surface area contributed by atoms with Crippen LogP contribution in [0.3, 0.4) is 0 Å². The smallest absolute Gasteiger partial charge is 0.160 e. The van der Waals surface area contributed by atoms with Crippen molar-refractivity contribution in [3.8, 4) is 10.7 Å². The molecule has 0 atom stereocenters. The fourth-order valence-electron chi connectivity index (χ4n) is 2.47.